The van der Waals surface area contributed by atoms with E-state index in [0.29, 0.717) is 42.9 Å². The highest BCUT2D eigenvalue weighted by atomic mass is 19.1. The summed E-state index contributed by atoms with van der Waals surface area (Å²) < 4.78 is 32.3. The first-order valence-corrected chi connectivity index (χ1v) is 11.3. The van der Waals surface area contributed by atoms with E-state index < -0.39 is 6.10 Å². The monoisotopic (exact) mass is 464 g/mol. The van der Waals surface area contributed by atoms with Gasteiger partial charge in [-0.05, 0) is 66.4 Å². The lowest BCUT2D eigenvalue weighted by molar-refractivity contribution is -0.138. The predicted octanol–water partition coefficient (Wildman–Crippen LogP) is 4.89. The first-order valence-electron chi connectivity index (χ1n) is 11.3. The molecule has 5 nitrogen and oxygen atoms in total. The van der Waals surface area contributed by atoms with E-state index in [1.54, 1.807) is 41.3 Å². The van der Waals surface area contributed by atoms with Gasteiger partial charge in [0.25, 0.3) is 5.91 Å². The number of carbonyl (C=O) groups excluding carboxylic acids is 2. The van der Waals surface area contributed by atoms with E-state index >= 15 is 0 Å². The highest BCUT2D eigenvalue weighted by Gasteiger charge is 2.29. The summed E-state index contributed by atoms with van der Waals surface area (Å²) >= 11 is 0. The number of anilines is 1. The Morgan fingerprint density at radius 1 is 1.00 bits per heavy atom. The molecule has 1 heterocycles. The third kappa shape index (κ3) is 5.78. The lowest BCUT2D eigenvalue weighted by Gasteiger charge is -2.23. The number of hydrogen-bond acceptors (Lipinski definition) is 3. The smallest absolute Gasteiger partial charge is 0.263 e. The molecule has 2 amide bonds. The SMILES string of the molecule is CC[C@@H]1Oc2ccc(NC(=O)Cc3ccc(F)cc3)cc2CN(CCc2ccc(F)cc2)C1=O. The molecule has 0 radical (unpaired) electrons. The fourth-order valence-electron chi connectivity index (χ4n) is 3.94. The number of amides is 2. The molecule has 4 rings (SSSR count). The Balaban J connectivity index is 1.47. The van der Waals surface area contributed by atoms with Crippen LogP contribution in [0.2, 0.25) is 0 Å². The van der Waals surface area contributed by atoms with Gasteiger partial charge >= 0.3 is 0 Å². The van der Waals surface area contributed by atoms with Crippen molar-refractivity contribution < 1.29 is 23.1 Å². The molecule has 176 valence electrons. The molecule has 3 aromatic rings. The minimum Gasteiger partial charge on any atom is -0.480 e. The van der Waals surface area contributed by atoms with Crippen molar-refractivity contribution in [3.05, 3.63) is 95.1 Å². The van der Waals surface area contributed by atoms with Gasteiger partial charge in [0.2, 0.25) is 5.91 Å². The van der Waals surface area contributed by atoms with Crippen LogP contribution in [0.5, 0.6) is 5.75 Å². The maximum absolute atomic E-state index is 13.2. The van der Waals surface area contributed by atoms with Crippen LogP contribution < -0.4 is 10.1 Å². The van der Waals surface area contributed by atoms with Crippen LogP contribution in [-0.2, 0) is 29.0 Å². The lowest BCUT2D eigenvalue weighted by atomic mass is 10.1. The van der Waals surface area contributed by atoms with E-state index in [1.165, 1.54) is 24.3 Å². The molecule has 1 N–H and O–H groups in total. The Morgan fingerprint density at radius 3 is 2.29 bits per heavy atom. The molecule has 3 aromatic carbocycles. The van der Waals surface area contributed by atoms with Gasteiger partial charge in [-0.1, -0.05) is 31.2 Å². The highest BCUT2D eigenvalue weighted by Crippen LogP contribution is 2.29. The highest BCUT2D eigenvalue weighted by molar-refractivity contribution is 5.92. The molecule has 0 saturated carbocycles. The molecule has 0 saturated heterocycles. The van der Waals surface area contributed by atoms with Gasteiger partial charge in [-0.25, -0.2) is 8.78 Å². The molecule has 1 aliphatic rings. The van der Waals surface area contributed by atoms with Crippen LogP contribution in [0, 0.1) is 11.6 Å². The number of benzene rings is 3. The molecular formula is C27H26F2N2O3. The predicted molar refractivity (Wildman–Crippen MR) is 125 cm³/mol. The van der Waals surface area contributed by atoms with E-state index in [4.69, 9.17) is 4.74 Å². The minimum atomic E-state index is -0.589. The van der Waals surface area contributed by atoms with Crippen molar-refractivity contribution in [3.8, 4) is 5.75 Å². The third-order valence-corrected chi connectivity index (χ3v) is 5.79. The number of rotatable bonds is 7. The van der Waals surface area contributed by atoms with Crippen LogP contribution in [0.25, 0.3) is 0 Å². The Labute approximate surface area is 197 Å². The van der Waals surface area contributed by atoms with Gasteiger partial charge in [0, 0.05) is 24.3 Å². The first kappa shape index (κ1) is 23.4. The lowest BCUT2D eigenvalue weighted by Crippen LogP contribution is -2.40. The maximum Gasteiger partial charge on any atom is 0.263 e. The Kier molecular flexibility index (Phi) is 7.21. The average Bonchev–Trinajstić information content (AvgIpc) is 2.96. The van der Waals surface area contributed by atoms with Crippen LogP contribution in [0.3, 0.4) is 0 Å². The molecule has 0 bridgehead atoms. The maximum atomic E-state index is 13.2. The zero-order chi connectivity index (χ0) is 24.1. The summed E-state index contributed by atoms with van der Waals surface area (Å²) in [5.74, 6) is -0.351. The van der Waals surface area contributed by atoms with Gasteiger partial charge in [-0.2, -0.15) is 0 Å². The Hall–Kier alpha value is -3.74. The summed E-state index contributed by atoms with van der Waals surface area (Å²) in [7, 11) is 0. The van der Waals surface area contributed by atoms with Crippen molar-refractivity contribution in [1.82, 2.24) is 4.90 Å². The van der Waals surface area contributed by atoms with Crippen LogP contribution in [0.1, 0.15) is 30.0 Å². The number of nitrogens with zero attached hydrogens (tertiary/aromatic N) is 1. The minimum absolute atomic E-state index is 0.0947. The van der Waals surface area contributed by atoms with Gasteiger partial charge < -0.3 is 15.0 Å². The second-order valence-corrected chi connectivity index (χ2v) is 8.32. The van der Waals surface area contributed by atoms with Gasteiger partial charge in [0.1, 0.15) is 17.4 Å². The summed E-state index contributed by atoms with van der Waals surface area (Å²) in [5.41, 5.74) is 3.04. The summed E-state index contributed by atoms with van der Waals surface area (Å²) in [4.78, 5) is 27.3. The second kappa shape index (κ2) is 10.5. The molecule has 0 aromatic heterocycles. The fourth-order valence-corrected chi connectivity index (χ4v) is 3.94. The molecule has 34 heavy (non-hydrogen) atoms. The number of fused-ring (bicyclic) bond motifs is 1. The van der Waals surface area contributed by atoms with Gasteiger partial charge in [-0.15, -0.1) is 0 Å². The van der Waals surface area contributed by atoms with Crippen molar-refractivity contribution in [2.75, 3.05) is 11.9 Å². The third-order valence-electron chi connectivity index (χ3n) is 5.79. The molecule has 0 fully saturated rings. The molecule has 1 aliphatic heterocycles. The normalized spacial score (nSPS) is 15.3. The number of ether oxygens (including phenoxy) is 1. The van der Waals surface area contributed by atoms with Crippen molar-refractivity contribution in [1.29, 1.82) is 0 Å². The van der Waals surface area contributed by atoms with Crippen LogP contribution in [0.15, 0.2) is 66.7 Å². The number of hydrogen-bond donors (Lipinski definition) is 1. The van der Waals surface area contributed by atoms with Gasteiger partial charge in [0.15, 0.2) is 6.10 Å². The van der Waals surface area contributed by atoms with Crippen molar-refractivity contribution in [2.24, 2.45) is 0 Å². The molecule has 0 aliphatic carbocycles. The van der Waals surface area contributed by atoms with E-state index in [1.807, 2.05) is 13.0 Å². The van der Waals surface area contributed by atoms with E-state index in [9.17, 15) is 18.4 Å². The van der Waals surface area contributed by atoms with Crippen molar-refractivity contribution >= 4 is 17.5 Å². The van der Waals surface area contributed by atoms with Crippen LogP contribution >= 0.6 is 0 Å². The van der Waals surface area contributed by atoms with Gasteiger partial charge in [0.05, 0.1) is 6.42 Å². The zero-order valence-corrected chi connectivity index (χ0v) is 18.9. The Morgan fingerprint density at radius 2 is 1.65 bits per heavy atom. The largest absolute Gasteiger partial charge is 0.480 e. The Bertz CT molecular complexity index is 1160. The van der Waals surface area contributed by atoms with Crippen molar-refractivity contribution in [2.45, 2.75) is 38.8 Å². The molecule has 1 atom stereocenters. The van der Waals surface area contributed by atoms with Crippen LogP contribution in [0.4, 0.5) is 14.5 Å². The van der Waals surface area contributed by atoms with Crippen molar-refractivity contribution in [3.63, 3.8) is 0 Å². The summed E-state index contributed by atoms with van der Waals surface area (Å²) in [6, 6.07) is 17.4. The van der Waals surface area contributed by atoms with E-state index in [-0.39, 0.29) is 29.9 Å². The molecule has 0 spiro atoms. The number of halogens is 2. The zero-order valence-electron chi connectivity index (χ0n) is 18.9. The summed E-state index contributed by atoms with van der Waals surface area (Å²) in [6.45, 7) is 2.70. The molecular weight excluding hydrogens is 438 g/mol. The molecule has 0 unspecified atom stereocenters. The number of carbonyl (C=O) groups is 2. The topological polar surface area (TPSA) is 58.6 Å². The fraction of sp³-hybridized carbons (Fsp3) is 0.259. The summed E-state index contributed by atoms with van der Waals surface area (Å²) in [5, 5.41) is 2.86. The standard InChI is InChI=1S/C27H26F2N2O3/c1-2-24-27(33)31(14-13-18-3-7-21(28)8-4-18)17-20-16-23(11-12-25(20)34-24)30-26(32)15-19-5-9-22(29)10-6-19/h3-12,16,24H,2,13-15,17H2,1H3,(H,30,32)/t24-/m0/s1. The van der Waals surface area contributed by atoms with Gasteiger partial charge in [-0.3, -0.25) is 9.59 Å². The first-order chi connectivity index (χ1) is 16.4. The van der Waals surface area contributed by atoms with E-state index in [2.05, 4.69) is 5.32 Å². The van der Waals surface area contributed by atoms with Crippen LogP contribution in [-0.4, -0.2) is 29.4 Å². The summed E-state index contributed by atoms with van der Waals surface area (Å²) in [6.07, 6.45) is 0.648. The quantitative estimate of drug-likeness (QED) is 0.542. The number of nitrogens with one attached hydrogen (secondary N) is 1. The molecule has 7 heteroatoms. The average molecular weight is 465 g/mol. The second-order valence-electron chi connectivity index (χ2n) is 8.32. The van der Waals surface area contributed by atoms with E-state index in [0.717, 1.165) is 11.1 Å².